The molecule has 1 saturated heterocycles. The van der Waals surface area contributed by atoms with Crippen molar-refractivity contribution < 1.29 is 4.79 Å². The molecule has 1 aromatic heterocycles. The first-order valence-corrected chi connectivity index (χ1v) is 9.89. The van der Waals surface area contributed by atoms with Crippen LogP contribution in [0, 0.1) is 0 Å². The highest BCUT2D eigenvalue weighted by atomic mass is 16.1. The fraction of sp³-hybridized carbons (Fsp3) is 0.261. The predicted molar refractivity (Wildman–Crippen MR) is 116 cm³/mol. The lowest BCUT2D eigenvalue weighted by Gasteiger charge is -2.35. The number of carbonyl (C=O) groups excluding carboxylic acids is 1. The van der Waals surface area contributed by atoms with Crippen molar-refractivity contribution in [2.75, 3.05) is 36.4 Å². The first kappa shape index (κ1) is 19.1. The van der Waals surface area contributed by atoms with Gasteiger partial charge in [-0.2, -0.15) is 0 Å². The Hall–Kier alpha value is -3.25. The van der Waals surface area contributed by atoms with Crippen molar-refractivity contribution in [2.45, 2.75) is 13.5 Å². The summed E-state index contributed by atoms with van der Waals surface area (Å²) >= 11 is 0. The second-order valence-electron chi connectivity index (χ2n) is 7.27. The van der Waals surface area contributed by atoms with E-state index in [1.165, 1.54) is 5.56 Å². The Balaban J connectivity index is 1.36. The molecule has 148 valence electrons. The second-order valence-corrected chi connectivity index (χ2v) is 7.27. The third-order valence-electron chi connectivity index (χ3n) is 5.16. The number of ketones is 1. The van der Waals surface area contributed by atoms with E-state index in [0.29, 0.717) is 5.56 Å². The molecule has 6 nitrogen and oxygen atoms in total. The van der Waals surface area contributed by atoms with Crippen molar-refractivity contribution in [1.29, 1.82) is 0 Å². The molecule has 1 fully saturated rings. The number of hydrogen-bond acceptors (Lipinski definition) is 6. The Morgan fingerprint density at radius 2 is 1.69 bits per heavy atom. The highest BCUT2D eigenvalue weighted by Crippen LogP contribution is 2.20. The van der Waals surface area contributed by atoms with Gasteiger partial charge in [0.25, 0.3) is 0 Å². The van der Waals surface area contributed by atoms with E-state index >= 15 is 0 Å². The number of Topliss-reactive ketones (excluding diaryl/α,β-unsaturated/α-hetero) is 1. The third-order valence-corrected chi connectivity index (χ3v) is 5.16. The van der Waals surface area contributed by atoms with Crippen LogP contribution in [-0.2, 0) is 6.54 Å². The monoisotopic (exact) mass is 387 g/mol. The highest BCUT2D eigenvalue weighted by molar-refractivity contribution is 5.94. The molecule has 0 aliphatic carbocycles. The van der Waals surface area contributed by atoms with E-state index in [0.717, 1.165) is 50.0 Å². The van der Waals surface area contributed by atoms with Gasteiger partial charge in [-0.05, 0) is 36.8 Å². The topological polar surface area (TPSA) is 61.4 Å². The van der Waals surface area contributed by atoms with E-state index in [1.54, 1.807) is 13.3 Å². The molecule has 1 N–H and O–H groups in total. The van der Waals surface area contributed by atoms with Gasteiger partial charge in [0.15, 0.2) is 5.78 Å². The van der Waals surface area contributed by atoms with Gasteiger partial charge in [-0.3, -0.25) is 9.69 Å². The van der Waals surface area contributed by atoms with Crippen molar-refractivity contribution >= 4 is 23.1 Å². The van der Waals surface area contributed by atoms with Crippen molar-refractivity contribution in [3.63, 3.8) is 0 Å². The van der Waals surface area contributed by atoms with Crippen LogP contribution < -0.4 is 10.2 Å². The van der Waals surface area contributed by atoms with Gasteiger partial charge in [-0.25, -0.2) is 9.97 Å². The predicted octanol–water partition coefficient (Wildman–Crippen LogP) is 3.75. The molecule has 0 saturated carbocycles. The van der Waals surface area contributed by atoms with Gasteiger partial charge in [-0.1, -0.05) is 30.3 Å². The van der Waals surface area contributed by atoms with E-state index in [-0.39, 0.29) is 5.78 Å². The largest absolute Gasteiger partial charge is 0.354 e. The lowest BCUT2D eigenvalue weighted by molar-refractivity contribution is 0.101. The van der Waals surface area contributed by atoms with Crippen molar-refractivity contribution in [3.05, 3.63) is 78.1 Å². The number of carbonyl (C=O) groups is 1. The van der Waals surface area contributed by atoms with Crippen molar-refractivity contribution in [2.24, 2.45) is 0 Å². The first-order valence-electron chi connectivity index (χ1n) is 9.89. The maximum absolute atomic E-state index is 11.4. The number of aromatic nitrogens is 2. The van der Waals surface area contributed by atoms with Crippen LogP contribution in [0.2, 0.25) is 0 Å². The number of piperazine rings is 1. The number of hydrogen-bond donors (Lipinski definition) is 1. The van der Waals surface area contributed by atoms with Gasteiger partial charge < -0.3 is 10.2 Å². The maximum atomic E-state index is 11.4. The van der Waals surface area contributed by atoms with Gasteiger partial charge in [0.2, 0.25) is 0 Å². The highest BCUT2D eigenvalue weighted by Gasteiger charge is 2.18. The third kappa shape index (κ3) is 4.97. The van der Waals surface area contributed by atoms with E-state index < -0.39 is 0 Å². The fourth-order valence-electron chi connectivity index (χ4n) is 3.50. The number of rotatable bonds is 6. The first-order chi connectivity index (χ1) is 14.2. The van der Waals surface area contributed by atoms with E-state index in [9.17, 15) is 4.79 Å². The molecule has 0 unspecified atom stereocenters. The Labute approximate surface area is 171 Å². The average molecular weight is 387 g/mol. The Morgan fingerprint density at radius 1 is 0.966 bits per heavy atom. The van der Waals surface area contributed by atoms with Crippen LogP contribution in [0.3, 0.4) is 0 Å². The van der Waals surface area contributed by atoms with Gasteiger partial charge in [0.05, 0.1) is 0 Å². The number of benzene rings is 2. The Kier molecular flexibility index (Phi) is 5.81. The minimum Gasteiger partial charge on any atom is -0.354 e. The molecule has 0 radical (unpaired) electrons. The average Bonchev–Trinajstić information content (AvgIpc) is 2.76. The summed E-state index contributed by atoms with van der Waals surface area (Å²) in [6.45, 7) is 6.45. The van der Waals surface area contributed by atoms with E-state index in [2.05, 4.69) is 55.4 Å². The lowest BCUT2D eigenvalue weighted by atomic mass is 10.1. The van der Waals surface area contributed by atoms with Crippen LogP contribution in [0.4, 0.5) is 17.3 Å². The molecule has 2 heterocycles. The van der Waals surface area contributed by atoms with Crippen LogP contribution in [0.5, 0.6) is 0 Å². The summed E-state index contributed by atoms with van der Waals surface area (Å²) < 4.78 is 0. The standard InChI is InChI=1S/C23H25N5O/c1-18(29)20-7-9-21(10-8-20)26-22-15-23(25-17-24-22)28-13-11-27(12-14-28)16-19-5-3-2-4-6-19/h2-10,15,17H,11-14,16H2,1H3,(H,24,25,26). The molecular weight excluding hydrogens is 362 g/mol. The number of anilines is 3. The summed E-state index contributed by atoms with van der Waals surface area (Å²) in [7, 11) is 0. The number of nitrogens with one attached hydrogen (secondary N) is 1. The molecule has 0 bridgehead atoms. The zero-order valence-electron chi connectivity index (χ0n) is 16.6. The zero-order chi connectivity index (χ0) is 20.1. The van der Waals surface area contributed by atoms with Crippen LogP contribution >= 0.6 is 0 Å². The summed E-state index contributed by atoms with van der Waals surface area (Å²) in [4.78, 5) is 25.0. The van der Waals surface area contributed by atoms with Crippen LogP contribution in [0.25, 0.3) is 0 Å². The molecule has 2 aromatic carbocycles. The minimum atomic E-state index is 0.0623. The van der Waals surface area contributed by atoms with Crippen LogP contribution in [0.1, 0.15) is 22.8 Å². The van der Waals surface area contributed by atoms with Gasteiger partial charge in [-0.15, -0.1) is 0 Å². The molecule has 29 heavy (non-hydrogen) atoms. The van der Waals surface area contributed by atoms with Crippen molar-refractivity contribution in [3.8, 4) is 0 Å². The lowest BCUT2D eigenvalue weighted by Crippen LogP contribution is -2.46. The molecule has 0 atom stereocenters. The molecule has 1 aliphatic heterocycles. The normalized spacial score (nSPS) is 14.6. The summed E-state index contributed by atoms with van der Waals surface area (Å²) in [5.41, 5.74) is 2.95. The SMILES string of the molecule is CC(=O)c1ccc(Nc2cc(N3CCN(Cc4ccccc4)CC3)ncn2)cc1. The molecule has 0 spiro atoms. The second kappa shape index (κ2) is 8.84. The molecule has 3 aromatic rings. The zero-order valence-corrected chi connectivity index (χ0v) is 16.6. The molecule has 6 heteroatoms. The molecule has 4 rings (SSSR count). The summed E-state index contributed by atoms with van der Waals surface area (Å²) in [5.74, 6) is 1.74. The van der Waals surface area contributed by atoms with Gasteiger partial charge >= 0.3 is 0 Å². The van der Waals surface area contributed by atoms with Crippen molar-refractivity contribution in [1.82, 2.24) is 14.9 Å². The summed E-state index contributed by atoms with van der Waals surface area (Å²) in [6, 6.07) is 20.0. The van der Waals surface area contributed by atoms with Gasteiger partial charge in [0, 0.05) is 50.0 Å². The maximum Gasteiger partial charge on any atom is 0.159 e. The molecule has 1 aliphatic rings. The van der Waals surface area contributed by atoms with E-state index in [4.69, 9.17) is 0 Å². The fourth-order valence-corrected chi connectivity index (χ4v) is 3.50. The van der Waals surface area contributed by atoms with Crippen LogP contribution in [0.15, 0.2) is 67.0 Å². The summed E-state index contributed by atoms with van der Waals surface area (Å²) in [6.07, 6.45) is 1.60. The Morgan fingerprint density at radius 3 is 2.38 bits per heavy atom. The molecular formula is C23H25N5O. The van der Waals surface area contributed by atoms with E-state index in [1.807, 2.05) is 30.3 Å². The smallest absolute Gasteiger partial charge is 0.159 e. The quantitative estimate of drug-likeness (QED) is 0.650. The summed E-state index contributed by atoms with van der Waals surface area (Å²) in [5, 5.41) is 3.29. The van der Waals surface area contributed by atoms with Gasteiger partial charge in [0.1, 0.15) is 18.0 Å². The number of nitrogens with zero attached hydrogens (tertiary/aromatic N) is 4. The minimum absolute atomic E-state index is 0.0623. The molecule has 0 amide bonds. The Bertz CT molecular complexity index is 951. The van der Waals surface area contributed by atoms with Crippen LogP contribution in [-0.4, -0.2) is 46.8 Å².